The number of nitrogens with zero attached hydrogens (tertiary/aromatic N) is 2. The highest BCUT2D eigenvalue weighted by Crippen LogP contribution is 2.39. The lowest BCUT2D eigenvalue weighted by Crippen LogP contribution is -2.44. The molecule has 0 aliphatic carbocycles. The molecule has 0 aromatic heterocycles. The second kappa shape index (κ2) is 12.4. The molecule has 1 aliphatic heterocycles. The molecule has 1 amide bonds. The average molecular weight is 537 g/mol. The molecule has 9 nitrogen and oxygen atoms in total. The van der Waals surface area contributed by atoms with Gasteiger partial charge >= 0.3 is 12.1 Å². The van der Waals surface area contributed by atoms with Crippen molar-refractivity contribution in [3.63, 3.8) is 0 Å². The summed E-state index contributed by atoms with van der Waals surface area (Å²) < 4.78 is 17.6. The molecule has 37 heavy (non-hydrogen) atoms. The number of nitro groups is 1. The first-order chi connectivity index (χ1) is 17.0. The van der Waals surface area contributed by atoms with E-state index in [1.54, 1.807) is 17.0 Å². The summed E-state index contributed by atoms with van der Waals surface area (Å²) in [5, 5.41) is 10.9. The second-order valence-electron chi connectivity index (χ2n) is 12.4. The summed E-state index contributed by atoms with van der Waals surface area (Å²) in [4.78, 5) is 37.3. The van der Waals surface area contributed by atoms with E-state index in [2.05, 4.69) is 33.9 Å². The van der Waals surface area contributed by atoms with Crippen molar-refractivity contribution in [3.05, 3.63) is 39.9 Å². The minimum absolute atomic E-state index is 0.00770. The number of amides is 1. The zero-order chi connectivity index (χ0) is 28.0. The number of rotatable bonds is 10. The van der Waals surface area contributed by atoms with Crippen molar-refractivity contribution in [2.45, 2.75) is 116 Å². The molecule has 0 spiro atoms. The first-order valence-electron chi connectivity index (χ1n) is 13.0. The van der Waals surface area contributed by atoms with E-state index in [0.29, 0.717) is 24.9 Å². The highest BCUT2D eigenvalue weighted by atomic mass is 28.4. The van der Waals surface area contributed by atoms with Crippen LogP contribution in [0.5, 0.6) is 0 Å². The van der Waals surface area contributed by atoms with Crippen LogP contribution in [0.1, 0.15) is 79.2 Å². The third kappa shape index (κ3) is 9.73. The number of benzene rings is 1. The van der Waals surface area contributed by atoms with E-state index >= 15 is 0 Å². The summed E-state index contributed by atoms with van der Waals surface area (Å²) in [6, 6.07) is 5.93. The van der Waals surface area contributed by atoms with Crippen LogP contribution in [0.2, 0.25) is 18.1 Å². The van der Waals surface area contributed by atoms with Gasteiger partial charge in [-0.25, -0.2) is 4.79 Å². The molecule has 10 heteroatoms. The number of carbonyl (C=O) groups excluding carboxylic acids is 2. The number of carbonyl (C=O) groups is 2. The molecule has 1 heterocycles. The predicted octanol–water partition coefficient (Wildman–Crippen LogP) is 6.60. The van der Waals surface area contributed by atoms with Crippen LogP contribution in [0.3, 0.4) is 0 Å². The number of likely N-dealkylation sites (tertiary alicyclic amines) is 1. The fourth-order valence-corrected chi connectivity index (χ4v) is 5.39. The standard InChI is InChI=1S/C27H44N2O7Si/c1-26(2,3)35-24(30)12-10-9-11-22-17-23(36-37(7,8)27(4,5)6)18-28(22)25(31)34-19-20-13-15-21(16-14-20)29(32)33/h13-16,22-23H,9-12,17-19H2,1-8H3/t22-,23-/m1/s1. The summed E-state index contributed by atoms with van der Waals surface area (Å²) >= 11 is 0. The highest BCUT2D eigenvalue weighted by Gasteiger charge is 2.43. The third-order valence-corrected chi connectivity index (χ3v) is 11.5. The number of hydrogen-bond donors (Lipinski definition) is 0. The van der Waals surface area contributed by atoms with E-state index in [1.807, 2.05) is 20.8 Å². The van der Waals surface area contributed by atoms with Crippen molar-refractivity contribution in [2.24, 2.45) is 0 Å². The van der Waals surface area contributed by atoms with Crippen molar-refractivity contribution < 1.29 is 28.4 Å². The zero-order valence-electron chi connectivity index (χ0n) is 23.7. The molecule has 2 atom stereocenters. The monoisotopic (exact) mass is 536 g/mol. The maximum Gasteiger partial charge on any atom is 0.410 e. The number of esters is 1. The molecule has 1 aromatic rings. The number of non-ortho nitro benzene ring substituents is 1. The molecule has 1 aliphatic rings. The van der Waals surface area contributed by atoms with Gasteiger partial charge in [0.25, 0.3) is 5.69 Å². The summed E-state index contributed by atoms with van der Waals surface area (Å²) in [7, 11) is -2.02. The Kier molecular flexibility index (Phi) is 10.3. The highest BCUT2D eigenvalue weighted by molar-refractivity contribution is 6.74. The van der Waals surface area contributed by atoms with Crippen molar-refractivity contribution in [1.82, 2.24) is 4.90 Å². The topological polar surface area (TPSA) is 108 Å². The number of nitro benzene ring substituents is 1. The molecule has 1 saturated heterocycles. The SMILES string of the molecule is CC(C)(C)OC(=O)CCCC[C@@H]1C[C@@H](O[Si](C)(C)C(C)(C)C)CN1C(=O)OCc1ccc([N+](=O)[O-])cc1. The van der Waals surface area contributed by atoms with Crippen LogP contribution in [-0.4, -0.2) is 54.5 Å². The quantitative estimate of drug-likeness (QED) is 0.109. The molecule has 0 bridgehead atoms. The van der Waals surface area contributed by atoms with E-state index in [4.69, 9.17) is 13.9 Å². The maximum absolute atomic E-state index is 13.1. The van der Waals surface area contributed by atoms with Gasteiger partial charge in [0.05, 0.1) is 11.0 Å². The minimum atomic E-state index is -2.02. The van der Waals surface area contributed by atoms with Crippen molar-refractivity contribution >= 4 is 26.1 Å². The van der Waals surface area contributed by atoms with Crippen molar-refractivity contribution in [3.8, 4) is 0 Å². The third-order valence-electron chi connectivity index (χ3n) is 6.98. The Morgan fingerprint density at radius 2 is 1.70 bits per heavy atom. The Bertz CT molecular complexity index is 936. The first kappa shape index (κ1) is 30.8. The van der Waals surface area contributed by atoms with E-state index in [-0.39, 0.29) is 35.4 Å². The number of ether oxygens (including phenoxy) is 2. The van der Waals surface area contributed by atoms with Gasteiger partial charge in [-0.05, 0) is 75.9 Å². The number of hydrogen-bond acceptors (Lipinski definition) is 7. The Hall–Kier alpha value is -2.46. The molecule has 2 rings (SSSR count). The lowest BCUT2D eigenvalue weighted by Gasteiger charge is -2.38. The van der Waals surface area contributed by atoms with E-state index in [0.717, 1.165) is 19.3 Å². The fourth-order valence-electron chi connectivity index (χ4n) is 4.03. The van der Waals surface area contributed by atoms with Gasteiger partial charge < -0.3 is 18.8 Å². The average Bonchev–Trinajstić information content (AvgIpc) is 3.15. The van der Waals surface area contributed by atoms with Crippen LogP contribution in [0, 0.1) is 10.1 Å². The van der Waals surface area contributed by atoms with Gasteiger partial charge in [0.2, 0.25) is 0 Å². The molecule has 0 saturated carbocycles. The first-order valence-corrected chi connectivity index (χ1v) is 16.0. The van der Waals surface area contributed by atoms with Crippen LogP contribution in [0.25, 0.3) is 0 Å². The lowest BCUT2D eigenvalue weighted by atomic mass is 10.1. The van der Waals surface area contributed by atoms with Gasteiger partial charge in [0.15, 0.2) is 8.32 Å². The molecule has 1 fully saturated rings. The Labute approximate surface area is 222 Å². The summed E-state index contributed by atoms with van der Waals surface area (Å²) in [6.45, 7) is 17.0. The Morgan fingerprint density at radius 3 is 2.24 bits per heavy atom. The van der Waals surface area contributed by atoms with Crippen LogP contribution < -0.4 is 0 Å². The summed E-state index contributed by atoms with van der Waals surface area (Å²) in [6.07, 6.45) is 2.80. The van der Waals surface area contributed by atoms with Crippen LogP contribution in [0.4, 0.5) is 10.5 Å². The largest absolute Gasteiger partial charge is 0.460 e. The van der Waals surface area contributed by atoms with E-state index in [9.17, 15) is 19.7 Å². The van der Waals surface area contributed by atoms with Gasteiger partial charge in [-0.1, -0.05) is 27.2 Å². The van der Waals surface area contributed by atoms with Gasteiger partial charge in [-0.15, -0.1) is 0 Å². The summed E-state index contributed by atoms with van der Waals surface area (Å²) in [5.41, 5.74) is 0.175. The van der Waals surface area contributed by atoms with Crippen molar-refractivity contribution in [1.29, 1.82) is 0 Å². The van der Waals surface area contributed by atoms with E-state index < -0.39 is 24.9 Å². The Balaban J connectivity index is 2.00. The molecular weight excluding hydrogens is 492 g/mol. The van der Waals surface area contributed by atoms with Crippen LogP contribution >= 0.6 is 0 Å². The molecule has 1 aromatic carbocycles. The van der Waals surface area contributed by atoms with Gasteiger partial charge in [0.1, 0.15) is 12.2 Å². The van der Waals surface area contributed by atoms with E-state index in [1.165, 1.54) is 12.1 Å². The maximum atomic E-state index is 13.1. The Morgan fingerprint density at radius 1 is 1.08 bits per heavy atom. The fraction of sp³-hybridized carbons (Fsp3) is 0.704. The molecule has 208 valence electrons. The molecule has 0 radical (unpaired) electrons. The number of unbranched alkanes of at least 4 members (excludes halogenated alkanes) is 1. The van der Waals surface area contributed by atoms with Crippen LogP contribution in [-0.2, 0) is 25.3 Å². The minimum Gasteiger partial charge on any atom is -0.460 e. The summed E-state index contributed by atoms with van der Waals surface area (Å²) in [5.74, 6) is -0.211. The van der Waals surface area contributed by atoms with Gasteiger partial charge in [-0.2, -0.15) is 0 Å². The normalized spacial score (nSPS) is 18.5. The predicted molar refractivity (Wildman–Crippen MR) is 145 cm³/mol. The zero-order valence-corrected chi connectivity index (χ0v) is 24.7. The van der Waals surface area contributed by atoms with Gasteiger partial charge in [0, 0.05) is 31.1 Å². The second-order valence-corrected chi connectivity index (χ2v) is 17.1. The molecule has 0 N–H and O–H groups in total. The van der Waals surface area contributed by atoms with Gasteiger partial charge in [-0.3, -0.25) is 14.9 Å². The molecular formula is C27H44N2O7Si. The lowest BCUT2D eigenvalue weighted by molar-refractivity contribution is -0.384. The smallest absolute Gasteiger partial charge is 0.410 e. The van der Waals surface area contributed by atoms with Crippen LogP contribution in [0.15, 0.2) is 24.3 Å². The molecule has 0 unspecified atom stereocenters. The van der Waals surface area contributed by atoms with Crippen molar-refractivity contribution in [2.75, 3.05) is 6.54 Å².